The van der Waals surface area contributed by atoms with Crippen molar-refractivity contribution in [2.75, 3.05) is 0 Å². The average molecular weight is 327 g/mol. The fraction of sp³-hybridized carbons (Fsp3) is 0.286. The number of benzene rings is 1. The normalized spacial score (nSPS) is 15.0. The second kappa shape index (κ2) is 5.08. The van der Waals surface area contributed by atoms with Gasteiger partial charge in [-0.1, -0.05) is 17.7 Å². The Bertz CT molecular complexity index is 563. The van der Waals surface area contributed by atoms with Crippen molar-refractivity contribution in [1.82, 2.24) is 5.32 Å². The maximum absolute atomic E-state index is 6.08. The number of hydrogen-bond acceptors (Lipinski definition) is 2. The highest BCUT2D eigenvalue weighted by Gasteiger charge is 2.20. The van der Waals surface area contributed by atoms with E-state index in [0.717, 1.165) is 28.1 Å². The Morgan fingerprint density at radius 2 is 2.11 bits per heavy atom. The Morgan fingerprint density at radius 3 is 2.83 bits per heavy atom. The molecule has 18 heavy (non-hydrogen) atoms. The molecule has 1 aliphatic rings. The minimum atomic E-state index is 0.695. The van der Waals surface area contributed by atoms with E-state index >= 15 is 0 Å². The first-order chi connectivity index (χ1) is 8.72. The number of furan rings is 1. The van der Waals surface area contributed by atoms with Crippen molar-refractivity contribution in [1.29, 1.82) is 0 Å². The molecule has 2 aromatic rings. The van der Waals surface area contributed by atoms with E-state index in [1.807, 2.05) is 30.3 Å². The summed E-state index contributed by atoms with van der Waals surface area (Å²) in [7, 11) is 0. The van der Waals surface area contributed by atoms with Gasteiger partial charge in [0.25, 0.3) is 0 Å². The van der Waals surface area contributed by atoms with E-state index in [1.165, 1.54) is 12.8 Å². The van der Waals surface area contributed by atoms with E-state index in [1.54, 1.807) is 0 Å². The minimum absolute atomic E-state index is 0.695. The molecule has 4 heteroatoms. The van der Waals surface area contributed by atoms with E-state index < -0.39 is 0 Å². The van der Waals surface area contributed by atoms with Crippen LogP contribution in [-0.4, -0.2) is 6.04 Å². The highest BCUT2D eigenvalue weighted by molar-refractivity contribution is 9.10. The van der Waals surface area contributed by atoms with Crippen LogP contribution < -0.4 is 5.32 Å². The van der Waals surface area contributed by atoms with Crippen molar-refractivity contribution < 1.29 is 4.42 Å². The lowest BCUT2D eigenvalue weighted by molar-refractivity contribution is 0.492. The smallest absolute Gasteiger partial charge is 0.134 e. The molecule has 0 unspecified atom stereocenters. The van der Waals surface area contributed by atoms with Crippen molar-refractivity contribution in [2.45, 2.75) is 25.4 Å². The molecule has 1 aromatic heterocycles. The molecular formula is C14H13BrClNO. The Balaban J connectivity index is 1.76. The summed E-state index contributed by atoms with van der Waals surface area (Å²) in [5, 5.41) is 4.13. The number of hydrogen-bond donors (Lipinski definition) is 1. The van der Waals surface area contributed by atoms with Gasteiger partial charge in [-0.3, -0.25) is 0 Å². The van der Waals surface area contributed by atoms with Crippen LogP contribution in [0.5, 0.6) is 0 Å². The van der Waals surface area contributed by atoms with Crippen LogP contribution >= 0.6 is 27.5 Å². The standard InChI is InChI=1S/C14H13BrClNO/c15-12-5-1-9(7-13(12)16)14-6-4-11(18-14)8-17-10-2-3-10/h1,4-7,10,17H,2-3,8H2. The van der Waals surface area contributed by atoms with E-state index in [2.05, 4.69) is 21.2 Å². The lowest BCUT2D eigenvalue weighted by atomic mass is 10.2. The first-order valence-electron chi connectivity index (χ1n) is 6.00. The second-order valence-electron chi connectivity index (χ2n) is 4.55. The summed E-state index contributed by atoms with van der Waals surface area (Å²) in [5.41, 5.74) is 1.00. The molecule has 1 aromatic carbocycles. The van der Waals surface area contributed by atoms with Crippen molar-refractivity contribution in [2.24, 2.45) is 0 Å². The van der Waals surface area contributed by atoms with Crippen LogP contribution in [0.15, 0.2) is 39.2 Å². The quantitative estimate of drug-likeness (QED) is 0.887. The highest BCUT2D eigenvalue weighted by atomic mass is 79.9. The molecule has 3 rings (SSSR count). The van der Waals surface area contributed by atoms with Gasteiger partial charge in [-0.05, 0) is 53.0 Å². The van der Waals surface area contributed by atoms with Gasteiger partial charge in [0, 0.05) is 16.1 Å². The van der Waals surface area contributed by atoms with Crippen LogP contribution in [0.2, 0.25) is 5.02 Å². The molecule has 0 saturated heterocycles. The molecule has 1 aliphatic carbocycles. The maximum atomic E-state index is 6.08. The summed E-state index contributed by atoms with van der Waals surface area (Å²) >= 11 is 9.46. The van der Waals surface area contributed by atoms with Crippen LogP contribution in [0.4, 0.5) is 0 Å². The van der Waals surface area contributed by atoms with Crippen LogP contribution in [0.1, 0.15) is 18.6 Å². The minimum Gasteiger partial charge on any atom is -0.460 e. The zero-order chi connectivity index (χ0) is 12.5. The predicted molar refractivity (Wildman–Crippen MR) is 76.7 cm³/mol. The third-order valence-electron chi connectivity index (χ3n) is 3.01. The van der Waals surface area contributed by atoms with Gasteiger partial charge in [0.15, 0.2) is 0 Å². The van der Waals surface area contributed by atoms with Crippen molar-refractivity contribution in [3.05, 3.63) is 45.6 Å². The Kier molecular flexibility index (Phi) is 3.46. The predicted octanol–water partition coefficient (Wildman–Crippen LogP) is 4.61. The summed E-state index contributed by atoms with van der Waals surface area (Å²) in [6, 6.07) is 10.5. The van der Waals surface area contributed by atoms with Gasteiger partial charge in [0.1, 0.15) is 11.5 Å². The van der Waals surface area contributed by atoms with Gasteiger partial charge >= 0.3 is 0 Å². The number of rotatable bonds is 4. The van der Waals surface area contributed by atoms with Crippen molar-refractivity contribution in [3.8, 4) is 11.3 Å². The summed E-state index contributed by atoms with van der Waals surface area (Å²) in [5.74, 6) is 1.83. The Labute approximate surface area is 119 Å². The molecule has 94 valence electrons. The molecule has 2 nitrogen and oxygen atoms in total. The number of halogens is 2. The SMILES string of the molecule is Clc1cc(-c2ccc(CNC3CC3)o2)ccc1Br. The van der Waals surface area contributed by atoms with Crippen LogP contribution in [-0.2, 0) is 6.54 Å². The molecule has 0 bridgehead atoms. The van der Waals surface area contributed by atoms with Gasteiger partial charge in [-0.25, -0.2) is 0 Å². The maximum Gasteiger partial charge on any atom is 0.134 e. The molecule has 0 radical (unpaired) electrons. The molecule has 1 heterocycles. The van der Waals surface area contributed by atoms with Gasteiger partial charge < -0.3 is 9.73 Å². The van der Waals surface area contributed by atoms with E-state index in [9.17, 15) is 0 Å². The zero-order valence-corrected chi connectivity index (χ0v) is 12.1. The van der Waals surface area contributed by atoms with Crippen molar-refractivity contribution >= 4 is 27.5 Å². The van der Waals surface area contributed by atoms with Gasteiger partial charge in [-0.2, -0.15) is 0 Å². The lowest BCUT2D eigenvalue weighted by Gasteiger charge is -2.01. The van der Waals surface area contributed by atoms with Gasteiger partial charge in [0.2, 0.25) is 0 Å². The largest absolute Gasteiger partial charge is 0.460 e. The molecule has 1 fully saturated rings. The van der Waals surface area contributed by atoms with Crippen LogP contribution in [0.25, 0.3) is 11.3 Å². The summed E-state index contributed by atoms with van der Waals surface area (Å²) in [6.45, 7) is 0.801. The van der Waals surface area contributed by atoms with E-state index in [-0.39, 0.29) is 0 Å². The molecule has 0 amide bonds. The molecule has 0 atom stereocenters. The molecule has 1 saturated carbocycles. The van der Waals surface area contributed by atoms with Gasteiger partial charge in [-0.15, -0.1) is 0 Å². The third kappa shape index (κ3) is 2.79. The second-order valence-corrected chi connectivity index (χ2v) is 5.81. The molecule has 1 N–H and O–H groups in total. The zero-order valence-electron chi connectivity index (χ0n) is 9.75. The molecule has 0 spiro atoms. The monoisotopic (exact) mass is 325 g/mol. The third-order valence-corrected chi connectivity index (χ3v) is 4.24. The number of nitrogens with one attached hydrogen (secondary N) is 1. The lowest BCUT2D eigenvalue weighted by Crippen LogP contribution is -2.14. The Hall–Kier alpha value is -0.770. The average Bonchev–Trinajstić information content (AvgIpc) is 3.08. The summed E-state index contributed by atoms with van der Waals surface area (Å²) in [4.78, 5) is 0. The molecule has 0 aliphatic heterocycles. The fourth-order valence-corrected chi connectivity index (χ4v) is 2.24. The highest BCUT2D eigenvalue weighted by Crippen LogP contribution is 2.30. The molecular weight excluding hydrogens is 314 g/mol. The fourth-order valence-electron chi connectivity index (χ4n) is 1.81. The first kappa shape index (κ1) is 12.3. The summed E-state index contributed by atoms with van der Waals surface area (Å²) in [6.07, 6.45) is 2.58. The summed E-state index contributed by atoms with van der Waals surface area (Å²) < 4.78 is 6.70. The Morgan fingerprint density at radius 1 is 1.28 bits per heavy atom. The van der Waals surface area contributed by atoms with E-state index in [0.29, 0.717) is 11.1 Å². The first-order valence-corrected chi connectivity index (χ1v) is 7.17. The van der Waals surface area contributed by atoms with Crippen LogP contribution in [0.3, 0.4) is 0 Å². The van der Waals surface area contributed by atoms with Crippen LogP contribution in [0, 0.1) is 0 Å². The van der Waals surface area contributed by atoms with Crippen molar-refractivity contribution in [3.63, 3.8) is 0 Å². The van der Waals surface area contributed by atoms with Gasteiger partial charge in [0.05, 0.1) is 11.6 Å². The van der Waals surface area contributed by atoms with E-state index in [4.69, 9.17) is 16.0 Å². The topological polar surface area (TPSA) is 25.2 Å².